The number of amides is 1. The highest BCUT2D eigenvalue weighted by molar-refractivity contribution is 7.91. The molecule has 1 heterocycles. The van der Waals surface area contributed by atoms with Gasteiger partial charge in [0.25, 0.3) is 0 Å². The number of esters is 1. The summed E-state index contributed by atoms with van der Waals surface area (Å²) in [6.45, 7) is 4.70. The largest absolute Gasteiger partial charge is 0.462 e. The van der Waals surface area contributed by atoms with Crippen LogP contribution in [0.1, 0.15) is 30.6 Å². The standard InChI is InChI=1S/C17H24N2O5S/c1-3-19(15-9-10-25(22,23)12-15)11-16(20)18-14-7-5-13(6-8-14)17(21)24-4-2/h5-8,15H,3-4,9-12H2,1-2H3,(H,18,20). The lowest BCUT2D eigenvalue weighted by atomic mass is 10.2. The van der Waals surface area contributed by atoms with Crippen molar-refractivity contribution >= 4 is 27.4 Å². The Labute approximate surface area is 148 Å². The molecule has 1 amide bonds. The minimum Gasteiger partial charge on any atom is -0.462 e. The van der Waals surface area contributed by atoms with Crippen molar-refractivity contribution in [2.75, 3.05) is 36.5 Å². The quantitative estimate of drug-likeness (QED) is 0.730. The van der Waals surface area contributed by atoms with Crippen molar-refractivity contribution < 1.29 is 22.7 Å². The molecule has 0 aliphatic carbocycles. The number of carbonyl (C=O) groups is 2. The van der Waals surface area contributed by atoms with Gasteiger partial charge in [-0.15, -0.1) is 0 Å². The fourth-order valence-electron chi connectivity index (χ4n) is 2.85. The number of anilines is 1. The molecule has 0 saturated carbocycles. The zero-order chi connectivity index (χ0) is 18.4. The molecule has 138 valence electrons. The maximum Gasteiger partial charge on any atom is 0.338 e. The third-order valence-corrected chi connectivity index (χ3v) is 5.91. The van der Waals surface area contributed by atoms with E-state index in [2.05, 4.69) is 5.32 Å². The lowest BCUT2D eigenvalue weighted by molar-refractivity contribution is -0.117. The first-order valence-corrected chi connectivity index (χ1v) is 10.2. The van der Waals surface area contributed by atoms with Gasteiger partial charge in [-0.05, 0) is 44.2 Å². The molecule has 8 heteroatoms. The summed E-state index contributed by atoms with van der Waals surface area (Å²) in [6, 6.07) is 6.36. The predicted molar refractivity (Wildman–Crippen MR) is 95.3 cm³/mol. The summed E-state index contributed by atoms with van der Waals surface area (Å²) in [5.74, 6) is -0.317. The maximum absolute atomic E-state index is 12.2. The van der Waals surface area contributed by atoms with E-state index in [1.807, 2.05) is 11.8 Å². The molecule has 25 heavy (non-hydrogen) atoms. The Balaban J connectivity index is 1.91. The van der Waals surface area contributed by atoms with Crippen molar-refractivity contribution in [3.05, 3.63) is 29.8 Å². The molecule has 1 aliphatic heterocycles. The number of nitrogens with one attached hydrogen (secondary N) is 1. The Morgan fingerprint density at radius 2 is 1.92 bits per heavy atom. The van der Waals surface area contributed by atoms with Gasteiger partial charge >= 0.3 is 5.97 Å². The summed E-state index contributed by atoms with van der Waals surface area (Å²) in [6.07, 6.45) is 0.567. The molecule has 0 spiro atoms. The van der Waals surface area contributed by atoms with E-state index in [1.165, 1.54) is 0 Å². The molecule has 0 radical (unpaired) electrons. The molecule has 1 aromatic rings. The van der Waals surface area contributed by atoms with E-state index in [9.17, 15) is 18.0 Å². The number of nitrogens with zero attached hydrogens (tertiary/aromatic N) is 1. The van der Waals surface area contributed by atoms with Crippen LogP contribution in [0.4, 0.5) is 5.69 Å². The van der Waals surface area contributed by atoms with E-state index in [0.717, 1.165) is 0 Å². The normalized spacial score (nSPS) is 18.9. The second-order valence-electron chi connectivity index (χ2n) is 5.97. The number of hydrogen-bond donors (Lipinski definition) is 1. The van der Waals surface area contributed by atoms with Crippen molar-refractivity contribution in [1.82, 2.24) is 4.90 Å². The molecule has 1 fully saturated rings. The summed E-state index contributed by atoms with van der Waals surface area (Å²) in [5, 5.41) is 2.77. The van der Waals surface area contributed by atoms with Crippen molar-refractivity contribution in [3.8, 4) is 0 Å². The van der Waals surface area contributed by atoms with Crippen LogP contribution in [-0.4, -0.2) is 62.4 Å². The van der Waals surface area contributed by atoms with Gasteiger partial charge in [-0.2, -0.15) is 0 Å². The van der Waals surface area contributed by atoms with Gasteiger partial charge in [0.15, 0.2) is 9.84 Å². The van der Waals surface area contributed by atoms with Gasteiger partial charge in [0, 0.05) is 11.7 Å². The molecular formula is C17H24N2O5S. The van der Waals surface area contributed by atoms with E-state index in [4.69, 9.17) is 4.74 Å². The first-order chi connectivity index (χ1) is 11.8. The average Bonchev–Trinajstić information content (AvgIpc) is 2.93. The van der Waals surface area contributed by atoms with Gasteiger partial charge in [-0.1, -0.05) is 6.92 Å². The molecular weight excluding hydrogens is 344 g/mol. The number of hydrogen-bond acceptors (Lipinski definition) is 6. The molecule has 0 bridgehead atoms. The third-order valence-electron chi connectivity index (χ3n) is 4.16. The first kappa shape index (κ1) is 19.4. The van der Waals surface area contributed by atoms with E-state index < -0.39 is 15.8 Å². The van der Waals surface area contributed by atoms with Crippen molar-refractivity contribution in [2.24, 2.45) is 0 Å². The smallest absolute Gasteiger partial charge is 0.338 e. The molecule has 1 atom stereocenters. The Morgan fingerprint density at radius 1 is 1.24 bits per heavy atom. The second kappa shape index (κ2) is 8.44. The van der Waals surface area contributed by atoms with Crippen molar-refractivity contribution in [2.45, 2.75) is 26.3 Å². The number of carbonyl (C=O) groups excluding carboxylic acids is 2. The van der Waals surface area contributed by atoms with E-state index in [-0.39, 0.29) is 30.0 Å². The molecule has 1 N–H and O–H groups in total. The lowest BCUT2D eigenvalue weighted by Gasteiger charge is -2.25. The summed E-state index contributed by atoms with van der Waals surface area (Å²) in [5.41, 5.74) is 0.999. The average molecular weight is 368 g/mol. The van der Waals surface area contributed by atoms with Gasteiger partial charge < -0.3 is 10.1 Å². The Morgan fingerprint density at radius 3 is 2.44 bits per heavy atom. The maximum atomic E-state index is 12.2. The lowest BCUT2D eigenvalue weighted by Crippen LogP contribution is -2.41. The van der Waals surface area contributed by atoms with E-state index in [1.54, 1.807) is 31.2 Å². The van der Waals surface area contributed by atoms with Crippen LogP contribution in [0.15, 0.2) is 24.3 Å². The molecule has 0 aromatic heterocycles. The van der Waals surface area contributed by atoms with Gasteiger partial charge in [0.2, 0.25) is 5.91 Å². The third kappa shape index (κ3) is 5.54. The zero-order valence-electron chi connectivity index (χ0n) is 14.5. The Hall–Kier alpha value is -1.93. The second-order valence-corrected chi connectivity index (χ2v) is 8.19. The van der Waals surface area contributed by atoms with Crippen LogP contribution in [0.25, 0.3) is 0 Å². The molecule has 1 aromatic carbocycles. The monoisotopic (exact) mass is 368 g/mol. The predicted octanol–water partition coefficient (Wildman–Crippen LogP) is 1.31. The van der Waals surface area contributed by atoms with Gasteiger partial charge in [0.05, 0.1) is 30.2 Å². The van der Waals surface area contributed by atoms with Crippen LogP contribution in [0.3, 0.4) is 0 Å². The fraction of sp³-hybridized carbons (Fsp3) is 0.529. The fourth-order valence-corrected chi connectivity index (χ4v) is 4.61. The summed E-state index contributed by atoms with van der Waals surface area (Å²) in [7, 11) is -2.98. The van der Waals surface area contributed by atoms with Gasteiger partial charge in [0.1, 0.15) is 0 Å². The summed E-state index contributed by atoms with van der Waals surface area (Å²) >= 11 is 0. The van der Waals surface area contributed by atoms with Gasteiger partial charge in [-0.3, -0.25) is 9.69 Å². The van der Waals surface area contributed by atoms with Gasteiger partial charge in [-0.25, -0.2) is 13.2 Å². The Kier molecular flexibility index (Phi) is 6.55. The highest BCUT2D eigenvalue weighted by Crippen LogP contribution is 2.18. The number of ether oxygens (including phenoxy) is 1. The van der Waals surface area contributed by atoms with Crippen LogP contribution in [0.5, 0.6) is 0 Å². The minimum atomic E-state index is -2.98. The number of likely N-dealkylation sites (N-methyl/N-ethyl adjacent to an activating group) is 1. The molecule has 2 rings (SSSR count). The summed E-state index contributed by atoms with van der Waals surface area (Å²) in [4.78, 5) is 25.7. The summed E-state index contributed by atoms with van der Waals surface area (Å²) < 4.78 is 28.1. The van der Waals surface area contributed by atoms with Crippen molar-refractivity contribution in [1.29, 1.82) is 0 Å². The molecule has 1 saturated heterocycles. The van der Waals surface area contributed by atoms with Crippen LogP contribution in [0.2, 0.25) is 0 Å². The highest BCUT2D eigenvalue weighted by atomic mass is 32.2. The topological polar surface area (TPSA) is 92.8 Å². The van der Waals surface area contributed by atoms with Crippen molar-refractivity contribution in [3.63, 3.8) is 0 Å². The first-order valence-electron chi connectivity index (χ1n) is 8.36. The minimum absolute atomic E-state index is 0.105. The van der Waals surface area contributed by atoms with E-state index in [0.29, 0.717) is 30.8 Å². The molecule has 1 unspecified atom stereocenters. The number of sulfone groups is 1. The van der Waals surface area contributed by atoms with Crippen LogP contribution in [0, 0.1) is 0 Å². The number of benzene rings is 1. The zero-order valence-corrected chi connectivity index (χ0v) is 15.3. The van der Waals surface area contributed by atoms with Crippen LogP contribution >= 0.6 is 0 Å². The Bertz CT molecular complexity index is 715. The van der Waals surface area contributed by atoms with Crippen LogP contribution in [-0.2, 0) is 19.4 Å². The molecule has 1 aliphatic rings. The van der Waals surface area contributed by atoms with Crippen LogP contribution < -0.4 is 5.32 Å². The SMILES string of the molecule is CCOC(=O)c1ccc(NC(=O)CN(CC)C2CCS(=O)(=O)C2)cc1. The van der Waals surface area contributed by atoms with E-state index >= 15 is 0 Å². The molecule has 7 nitrogen and oxygen atoms in total. The number of rotatable bonds is 7. The highest BCUT2D eigenvalue weighted by Gasteiger charge is 2.32.